The van der Waals surface area contributed by atoms with Crippen LogP contribution in [0.25, 0.3) is 33.5 Å². The lowest BCUT2D eigenvalue weighted by Gasteiger charge is -2.12. The molecule has 6 rings (SSSR count). The van der Waals surface area contributed by atoms with E-state index in [0.717, 1.165) is 39.4 Å². The average molecular weight is 463 g/mol. The molecule has 0 aliphatic carbocycles. The van der Waals surface area contributed by atoms with Crippen LogP contribution in [0.3, 0.4) is 0 Å². The Morgan fingerprint density at radius 3 is 1.50 bits per heavy atom. The Kier molecular flexibility index (Phi) is 5.83. The molecule has 2 heterocycles. The first-order chi connectivity index (χ1) is 17.9. The normalized spacial score (nSPS) is 10.8. The summed E-state index contributed by atoms with van der Waals surface area (Å²) in [5.74, 6) is 0. The van der Waals surface area contributed by atoms with E-state index in [0.29, 0.717) is 16.7 Å². The largest absolute Gasteiger partial charge is 0.260 e. The van der Waals surface area contributed by atoms with E-state index in [1.807, 2.05) is 72.8 Å². The van der Waals surface area contributed by atoms with E-state index in [1.165, 1.54) is 0 Å². The SMILES string of the molecule is c1ccc(C(=Nc2cncc3nc(-c4ccccc4)c(-c4ccccc4)nc23)c2ccccc2)cc1. The van der Waals surface area contributed by atoms with Crippen LogP contribution >= 0.6 is 0 Å². The molecule has 170 valence electrons. The Labute approximate surface area is 209 Å². The number of hydrogen-bond acceptors (Lipinski definition) is 4. The highest BCUT2D eigenvalue weighted by atomic mass is 14.9. The molecule has 0 atom stereocenters. The number of fused-ring (bicyclic) bond motifs is 1. The molecule has 36 heavy (non-hydrogen) atoms. The summed E-state index contributed by atoms with van der Waals surface area (Å²) in [6.07, 6.45) is 3.52. The van der Waals surface area contributed by atoms with E-state index in [4.69, 9.17) is 15.0 Å². The minimum atomic E-state index is 0.680. The van der Waals surface area contributed by atoms with Crippen LogP contribution in [0.1, 0.15) is 11.1 Å². The number of nitrogens with zero attached hydrogens (tertiary/aromatic N) is 4. The minimum Gasteiger partial charge on any atom is -0.260 e. The molecular weight excluding hydrogens is 440 g/mol. The smallest absolute Gasteiger partial charge is 0.118 e. The summed E-state index contributed by atoms with van der Waals surface area (Å²) in [5.41, 5.74) is 8.67. The fraction of sp³-hybridized carbons (Fsp3) is 0. The summed E-state index contributed by atoms with van der Waals surface area (Å²) in [6.45, 7) is 0. The first-order valence-electron chi connectivity index (χ1n) is 11.8. The predicted molar refractivity (Wildman–Crippen MR) is 146 cm³/mol. The highest BCUT2D eigenvalue weighted by Crippen LogP contribution is 2.33. The van der Waals surface area contributed by atoms with Gasteiger partial charge in [0.15, 0.2) is 0 Å². The first-order valence-corrected chi connectivity index (χ1v) is 11.8. The van der Waals surface area contributed by atoms with E-state index in [1.54, 1.807) is 12.4 Å². The van der Waals surface area contributed by atoms with Crippen LogP contribution in [0.5, 0.6) is 0 Å². The van der Waals surface area contributed by atoms with Gasteiger partial charge in [-0.3, -0.25) is 4.98 Å². The maximum atomic E-state index is 5.15. The summed E-state index contributed by atoms with van der Waals surface area (Å²) in [7, 11) is 0. The molecule has 0 fully saturated rings. The Morgan fingerprint density at radius 1 is 0.500 bits per heavy atom. The van der Waals surface area contributed by atoms with Crippen molar-refractivity contribution in [1.82, 2.24) is 15.0 Å². The van der Waals surface area contributed by atoms with E-state index in [9.17, 15) is 0 Å². The highest BCUT2D eigenvalue weighted by molar-refractivity contribution is 6.14. The standard InChI is InChI=1S/C32H22N4/c1-5-13-23(14-6-1)29(24-15-7-2-8-16-24)34-27-21-33-22-28-32(27)36-31(26-19-11-4-12-20-26)30(35-28)25-17-9-3-10-18-25/h1-22H. The fourth-order valence-electron chi connectivity index (χ4n) is 4.25. The van der Waals surface area contributed by atoms with Gasteiger partial charge in [0.2, 0.25) is 0 Å². The van der Waals surface area contributed by atoms with Crippen molar-refractivity contribution in [1.29, 1.82) is 0 Å². The average Bonchev–Trinajstić information content (AvgIpc) is 2.97. The molecule has 0 amide bonds. The third-order valence-electron chi connectivity index (χ3n) is 5.98. The molecule has 0 aliphatic rings. The zero-order valence-corrected chi connectivity index (χ0v) is 19.5. The van der Waals surface area contributed by atoms with Crippen molar-refractivity contribution >= 4 is 22.4 Å². The molecule has 0 saturated carbocycles. The minimum absolute atomic E-state index is 0.680. The van der Waals surface area contributed by atoms with E-state index >= 15 is 0 Å². The summed E-state index contributed by atoms with van der Waals surface area (Å²) < 4.78 is 0. The predicted octanol–water partition coefficient (Wildman–Crippen LogP) is 7.53. The summed E-state index contributed by atoms with van der Waals surface area (Å²) in [4.78, 5) is 19.8. The molecule has 0 N–H and O–H groups in total. The molecule has 0 saturated heterocycles. The van der Waals surface area contributed by atoms with Crippen molar-refractivity contribution in [3.8, 4) is 22.5 Å². The summed E-state index contributed by atoms with van der Waals surface area (Å²) >= 11 is 0. The number of pyridine rings is 1. The third kappa shape index (κ3) is 4.28. The van der Waals surface area contributed by atoms with Crippen LogP contribution in [0, 0.1) is 0 Å². The molecule has 0 spiro atoms. The van der Waals surface area contributed by atoms with E-state index in [-0.39, 0.29) is 0 Å². The number of aromatic nitrogens is 3. The number of aliphatic imine (C=N–C) groups is 1. The van der Waals surface area contributed by atoms with Crippen molar-refractivity contribution in [3.63, 3.8) is 0 Å². The second-order valence-electron chi connectivity index (χ2n) is 8.37. The summed E-state index contributed by atoms with van der Waals surface area (Å²) in [5, 5.41) is 0. The number of benzene rings is 4. The molecule has 4 heteroatoms. The van der Waals surface area contributed by atoms with Gasteiger partial charge in [0.25, 0.3) is 0 Å². The van der Waals surface area contributed by atoms with Crippen LogP contribution in [-0.4, -0.2) is 20.7 Å². The second-order valence-corrected chi connectivity index (χ2v) is 8.37. The van der Waals surface area contributed by atoms with Crippen LogP contribution < -0.4 is 0 Å². The maximum Gasteiger partial charge on any atom is 0.118 e. The van der Waals surface area contributed by atoms with Gasteiger partial charge in [-0.2, -0.15) is 0 Å². The van der Waals surface area contributed by atoms with E-state index < -0.39 is 0 Å². The molecule has 4 nitrogen and oxygen atoms in total. The van der Waals surface area contributed by atoms with Gasteiger partial charge in [-0.1, -0.05) is 121 Å². The number of hydrogen-bond donors (Lipinski definition) is 0. The third-order valence-corrected chi connectivity index (χ3v) is 5.98. The molecule has 0 bridgehead atoms. The quantitative estimate of drug-likeness (QED) is 0.249. The van der Waals surface area contributed by atoms with Gasteiger partial charge in [0.05, 0.1) is 29.5 Å². The Bertz CT molecular complexity index is 1610. The van der Waals surface area contributed by atoms with Crippen molar-refractivity contribution in [3.05, 3.63) is 145 Å². The van der Waals surface area contributed by atoms with Crippen molar-refractivity contribution in [2.75, 3.05) is 0 Å². The molecule has 2 aromatic heterocycles. The van der Waals surface area contributed by atoms with Gasteiger partial charge in [-0.05, 0) is 0 Å². The molecule has 0 aliphatic heterocycles. The first kappa shape index (κ1) is 21.6. The van der Waals surface area contributed by atoms with Gasteiger partial charge in [-0.25, -0.2) is 15.0 Å². The lowest BCUT2D eigenvalue weighted by molar-refractivity contribution is 1.24. The Morgan fingerprint density at radius 2 is 0.972 bits per heavy atom. The molecule has 0 unspecified atom stereocenters. The lowest BCUT2D eigenvalue weighted by atomic mass is 10.0. The zero-order valence-electron chi connectivity index (χ0n) is 19.5. The van der Waals surface area contributed by atoms with Gasteiger partial charge in [0.1, 0.15) is 16.7 Å². The topological polar surface area (TPSA) is 51.0 Å². The van der Waals surface area contributed by atoms with Crippen LogP contribution in [0.4, 0.5) is 5.69 Å². The molecule has 4 aromatic carbocycles. The fourth-order valence-corrected chi connectivity index (χ4v) is 4.25. The number of rotatable bonds is 5. The van der Waals surface area contributed by atoms with Gasteiger partial charge >= 0.3 is 0 Å². The van der Waals surface area contributed by atoms with Crippen molar-refractivity contribution in [2.45, 2.75) is 0 Å². The summed E-state index contributed by atoms with van der Waals surface area (Å²) in [6, 6.07) is 40.7. The van der Waals surface area contributed by atoms with Gasteiger partial charge < -0.3 is 0 Å². The second kappa shape index (κ2) is 9.72. The molecule has 6 aromatic rings. The highest BCUT2D eigenvalue weighted by Gasteiger charge is 2.16. The van der Waals surface area contributed by atoms with Crippen LogP contribution in [0.2, 0.25) is 0 Å². The van der Waals surface area contributed by atoms with Crippen LogP contribution in [0.15, 0.2) is 139 Å². The monoisotopic (exact) mass is 462 g/mol. The molecular formula is C32H22N4. The van der Waals surface area contributed by atoms with Crippen molar-refractivity contribution < 1.29 is 0 Å². The zero-order chi connectivity index (χ0) is 24.2. The van der Waals surface area contributed by atoms with Gasteiger partial charge in [-0.15, -0.1) is 0 Å². The van der Waals surface area contributed by atoms with E-state index in [2.05, 4.69) is 53.5 Å². The van der Waals surface area contributed by atoms with Gasteiger partial charge in [0, 0.05) is 22.3 Å². The Hall–Kier alpha value is -4.96. The Balaban J connectivity index is 1.61. The van der Waals surface area contributed by atoms with Crippen LogP contribution in [-0.2, 0) is 0 Å². The van der Waals surface area contributed by atoms with Crippen molar-refractivity contribution in [2.24, 2.45) is 4.99 Å². The maximum absolute atomic E-state index is 5.15. The molecule has 0 radical (unpaired) electrons. The lowest BCUT2D eigenvalue weighted by Crippen LogP contribution is -2.03.